The van der Waals surface area contributed by atoms with Gasteiger partial charge in [0, 0.05) is 39.5 Å². The molecule has 1 aliphatic heterocycles. The summed E-state index contributed by atoms with van der Waals surface area (Å²) in [6.45, 7) is 3.45. The van der Waals surface area contributed by atoms with Crippen LogP contribution in [0.4, 0.5) is 0 Å². The van der Waals surface area contributed by atoms with Gasteiger partial charge in [-0.1, -0.05) is 0 Å². The lowest BCUT2D eigenvalue weighted by molar-refractivity contribution is -0.119. The first-order valence-corrected chi connectivity index (χ1v) is 8.98. The van der Waals surface area contributed by atoms with Crippen molar-refractivity contribution in [3.05, 3.63) is 47.8 Å². The Hall–Kier alpha value is -2.70. The Morgan fingerprint density at radius 3 is 2.46 bits per heavy atom. The number of rotatable bonds is 5. The molecule has 0 saturated carbocycles. The number of carbonyl (C=O) groups excluding carboxylic acids is 2. The van der Waals surface area contributed by atoms with E-state index in [9.17, 15) is 9.59 Å². The second-order valence-corrected chi connectivity index (χ2v) is 6.85. The number of piperidine rings is 1. The molecule has 1 N–H and O–H groups in total. The fraction of sp³-hybridized carbons (Fsp3) is 0.474. The second-order valence-electron chi connectivity index (χ2n) is 6.85. The fourth-order valence-electron chi connectivity index (χ4n) is 3.27. The van der Waals surface area contributed by atoms with Gasteiger partial charge in [-0.3, -0.25) is 19.6 Å². The monoisotopic (exact) mass is 355 g/mol. The van der Waals surface area contributed by atoms with Crippen molar-refractivity contribution >= 4 is 11.8 Å². The van der Waals surface area contributed by atoms with Crippen LogP contribution in [-0.2, 0) is 24.8 Å². The molecule has 7 nitrogen and oxygen atoms in total. The molecule has 1 fully saturated rings. The number of hydrogen-bond donors (Lipinski definition) is 1. The molecule has 1 saturated heterocycles. The maximum atomic E-state index is 12.5. The first-order valence-electron chi connectivity index (χ1n) is 8.98. The van der Waals surface area contributed by atoms with E-state index in [0.29, 0.717) is 12.5 Å². The molecular formula is C19H25N5O2. The van der Waals surface area contributed by atoms with Crippen LogP contribution in [0.15, 0.2) is 30.7 Å². The number of nitrogens with one attached hydrogen (secondary N) is 1. The molecule has 1 aliphatic rings. The predicted molar refractivity (Wildman–Crippen MR) is 97.3 cm³/mol. The lowest BCUT2D eigenvalue weighted by atomic mass is 9.92. The molecule has 2 aromatic rings. The van der Waals surface area contributed by atoms with Crippen molar-refractivity contribution in [3.63, 3.8) is 0 Å². The molecule has 2 amide bonds. The maximum absolute atomic E-state index is 12.5. The molecule has 3 heterocycles. The lowest BCUT2D eigenvalue weighted by Crippen LogP contribution is -2.39. The molecule has 0 atom stereocenters. The van der Waals surface area contributed by atoms with Crippen molar-refractivity contribution in [3.8, 4) is 0 Å². The topological polar surface area (TPSA) is 80.1 Å². The molecule has 0 unspecified atom stereocenters. The van der Waals surface area contributed by atoms with Gasteiger partial charge in [-0.15, -0.1) is 0 Å². The summed E-state index contributed by atoms with van der Waals surface area (Å²) >= 11 is 0. The van der Waals surface area contributed by atoms with Crippen LogP contribution in [0.5, 0.6) is 0 Å². The number of likely N-dealkylation sites (tertiary alicyclic amines) is 1. The molecule has 0 bridgehead atoms. The normalized spacial score (nSPS) is 15.1. The third-order valence-electron chi connectivity index (χ3n) is 4.84. The Kier molecular flexibility index (Phi) is 5.65. The van der Waals surface area contributed by atoms with Crippen molar-refractivity contribution in [1.29, 1.82) is 0 Å². The van der Waals surface area contributed by atoms with E-state index in [1.54, 1.807) is 12.4 Å². The first-order chi connectivity index (χ1) is 12.5. The van der Waals surface area contributed by atoms with Gasteiger partial charge in [-0.2, -0.15) is 0 Å². The van der Waals surface area contributed by atoms with Crippen molar-refractivity contribution in [1.82, 2.24) is 24.8 Å². The summed E-state index contributed by atoms with van der Waals surface area (Å²) in [5.74, 6) is 0.550. The highest BCUT2D eigenvalue weighted by atomic mass is 16.2. The van der Waals surface area contributed by atoms with Crippen LogP contribution in [0.2, 0.25) is 0 Å². The highest BCUT2D eigenvalue weighted by Gasteiger charge is 2.25. The zero-order chi connectivity index (χ0) is 18.5. The minimum atomic E-state index is -0.0764. The fourth-order valence-corrected chi connectivity index (χ4v) is 3.27. The average molecular weight is 355 g/mol. The zero-order valence-corrected chi connectivity index (χ0v) is 15.3. The highest BCUT2D eigenvalue weighted by molar-refractivity contribution is 5.92. The Morgan fingerprint density at radius 1 is 1.19 bits per heavy atom. The summed E-state index contributed by atoms with van der Waals surface area (Å²) in [7, 11) is 1.90. The minimum Gasteiger partial charge on any atom is -0.351 e. The van der Waals surface area contributed by atoms with Crippen LogP contribution in [-0.4, -0.2) is 44.3 Å². The van der Waals surface area contributed by atoms with Gasteiger partial charge in [0.15, 0.2) is 0 Å². The molecule has 2 aromatic heterocycles. The Bertz CT molecular complexity index is 760. The minimum absolute atomic E-state index is 0.0764. The van der Waals surface area contributed by atoms with Crippen LogP contribution in [0.3, 0.4) is 0 Å². The number of carbonyl (C=O) groups is 2. The number of aromatic nitrogens is 3. The van der Waals surface area contributed by atoms with E-state index in [1.165, 1.54) is 6.92 Å². The van der Waals surface area contributed by atoms with E-state index in [4.69, 9.17) is 0 Å². The molecule has 0 radical (unpaired) electrons. The predicted octanol–water partition coefficient (Wildman–Crippen LogP) is 1.55. The Labute approximate surface area is 153 Å². The summed E-state index contributed by atoms with van der Waals surface area (Å²) < 4.78 is 1.87. The summed E-state index contributed by atoms with van der Waals surface area (Å²) in [6, 6.07) is 3.76. The van der Waals surface area contributed by atoms with Crippen molar-refractivity contribution in [2.75, 3.05) is 13.1 Å². The summed E-state index contributed by atoms with van der Waals surface area (Å²) in [6.07, 6.45) is 8.24. The average Bonchev–Trinajstić information content (AvgIpc) is 3.07. The van der Waals surface area contributed by atoms with Crippen LogP contribution >= 0.6 is 0 Å². The van der Waals surface area contributed by atoms with Crippen molar-refractivity contribution < 1.29 is 9.59 Å². The van der Waals surface area contributed by atoms with Crippen molar-refractivity contribution in [2.45, 2.75) is 32.7 Å². The number of hydrogen-bond acceptors (Lipinski definition) is 4. The van der Waals surface area contributed by atoms with E-state index < -0.39 is 0 Å². The lowest BCUT2D eigenvalue weighted by Gasteiger charge is -2.32. The largest absolute Gasteiger partial charge is 0.351 e. The highest BCUT2D eigenvalue weighted by Crippen LogP contribution is 2.22. The summed E-state index contributed by atoms with van der Waals surface area (Å²) in [4.78, 5) is 34.2. The standard InChI is InChI=1S/C19H25N5O2/c1-14(25)20-12-17-13-21-16(11-22-17)10-15-5-8-24(9-6-15)19(26)18-4-3-7-23(18)2/h3-4,7,11,13,15H,5-6,8-10,12H2,1-2H3,(H,20,25). The molecule has 0 aliphatic carbocycles. The molecule has 0 aromatic carbocycles. The van der Waals surface area contributed by atoms with Crippen LogP contribution in [0.25, 0.3) is 0 Å². The molecule has 3 rings (SSSR count). The van der Waals surface area contributed by atoms with Crippen molar-refractivity contribution in [2.24, 2.45) is 13.0 Å². The van der Waals surface area contributed by atoms with Crippen LogP contribution in [0, 0.1) is 5.92 Å². The third kappa shape index (κ3) is 4.47. The SMILES string of the molecule is CC(=O)NCc1cnc(CC2CCN(C(=O)c3cccn3C)CC2)cn1. The van der Waals surface area contributed by atoms with Gasteiger partial charge in [-0.05, 0) is 37.3 Å². The van der Waals surface area contributed by atoms with E-state index in [-0.39, 0.29) is 11.8 Å². The van der Waals surface area contributed by atoms with Gasteiger partial charge < -0.3 is 14.8 Å². The zero-order valence-electron chi connectivity index (χ0n) is 15.3. The molecular weight excluding hydrogens is 330 g/mol. The number of nitrogens with zero attached hydrogens (tertiary/aromatic N) is 4. The molecule has 0 spiro atoms. The maximum Gasteiger partial charge on any atom is 0.270 e. The van der Waals surface area contributed by atoms with E-state index in [1.807, 2.05) is 34.8 Å². The summed E-state index contributed by atoms with van der Waals surface area (Å²) in [5.41, 5.74) is 2.46. The van der Waals surface area contributed by atoms with Crippen LogP contribution in [0.1, 0.15) is 41.6 Å². The third-order valence-corrected chi connectivity index (χ3v) is 4.84. The molecule has 7 heteroatoms. The molecule has 26 heavy (non-hydrogen) atoms. The van der Waals surface area contributed by atoms with Gasteiger partial charge in [0.2, 0.25) is 5.91 Å². The number of aryl methyl sites for hydroxylation is 1. The quantitative estimate of drug-likeness (QED) is 0.882. The van der Waals surface area contributed by atoms with E-state index in [2.05, 4.69) is 15.3 Å². The van der Waals surface area contributed by atoms with Gasteiger partial charge in [0.05, 0.1) is 24.1 Å². The van der Waals surface area contributed by atoms with Gasteiger partial charge in [0.25, 0.3) is 5.91 Å². The van der Waals surface area contributed by atoms with Gasteiger partial charge in [-0.25, -0.2) is 0 Å². The Morgan fingerprint density at radius 2 is 1.88 bits per heavy atom. The van der Waals surface area contributed by atoms with E-state index >= 15 is 0 Å². The van der Waals surface area contributed by atoms with Gasteiger partial charge in [0.1, 0.15) is 5.69 Å². The first kappa shape index (κ1) is 18.1. The van der Waals surface area contributed by atoms with E-state index in [0.717, 1.165) is 49.4 Å². The summed E-state index contributed by atoms with van der Waals surface area (Å²) in [5, 5.41) is 2.71. The molecule has 138 valence electrons. The second kappa shape index (κ2) is 8.12. The van der Waals surface area contributed by atoms with Gasteiger partial charge >= 0.3 is 0 Å². The Balaban J connectivity index is 1.49. The smallest absolute Gasteiger partial charge is 0.270 e. The number of amides is 2. The van der Waals surface area contributed by atoms with Crippen LogP contribution < -0.4 is 5.32 Å².